The molecule has 1 aromatic heterocycles. The lowest BCUT2D eigenvalue weighted by atomic mass is 10.2. The fourth-order valence-corrected chi connectivity index (χ4v) is 2.88. The summed E-state index contributed by atoms with van der Waals surface area (Å²) in [4.78, 5) is 4.41. The SMILES string of the molecule is Cc1csc(COc2c(Cl)cccc2CNCC(C)C)n1. The van der Waals surface area contributed by atoms with Crippen molar-refractivity contribution in [3.63, 3.8) is 0 Å². The number of nitrogens with zero attached hydrogens (tertiary/aromatic N) is 1. The zero-order chi connectivity index (χ0) is 15.2. The summed E-state index contributed by atoms with van der Waals surface area (Å²) in [5.41, 5.74) is 2.10. The van der Waals surface area contributed by atoms with Gasteiger partial charge in [0.15, 0.2) is 0 Å². The lowest BCUT2D eigenvalue weighted by molar-refractivity contribution is 0.301. The number of para-hydroxylation sites is 1. The molecule has 0 saturated heterocycles. The van der Waals surface area contributed by atoms with Crippen molar-refractivity contribution in [2.45, 2.75) is 33.9 Å². The second kappa shape index (κ2) is 7.78. The number of aromatic nitrogens is 1. The fourth-order valence-electron chi connectivity index (χ4n) is 1.95. The summed E-state index contributed by atoms with van der Waals surface area (Å²) >= 11 is 7.88. The van der Waals surface area contributed by atoms with E-state index in [1.54, 1.807) is 11.3 Å². The van der Waals surface area contributed by atoms with Gasteiger partial charge in [-0.05, 0) is 25.5 Å². The van der Waals surface area contributed by atoms with Crippen LogP contribution >= 0.6 is 22.9 Å². The van der Waals surface area contributed by atoms with Crippen LogP contribution in [0.15, 0.2) is 23.6 Å². The summed E-state index contributed by atoms with van der Waals surface area (Å²) in [6, 6.07) is 5.85. The Morgan fingerprint density at radius 1 is 1.38 bits per heavy atom. The van der Waals surface area contributed by atoms with E-state index in [0.717, 1.165) is 35.1 Å². The van der Waals surface area contributed by atoms with Gasteiger partial charge in [-0.3, -0.25) is 0 Å². The third-order valence-electron chi connectivity index (χ3n) is 2.92. The van der Waals surface area contributed by atoms with E-state index in [0.29, 0.717) is 17.5 Å². The average molecular weight is 325 g/mol. The van der Waals surface area contributed by atoms with E-state index >= 15 is 0 Å². The Morgan fingerprint density at radius 3 is 2.86 bits per heavy atom. The van der Waals surface area contributed by atoms with Crippen LogP contribution in [0.5, 0.6) is 5.75 Å². The molecule has 1 aromatic carbocycles. The average Bonchev–Trinajstić information content (AvgIpc) is 2.83. The molecule has 2 rings (SSSR count). The molecule has 21 heavy (non-hydrogen) atoms. The smallest absolute Gasteiger partial charge is 0.143 e. The van der Waals surface area contributed by atoms with Crippen LogP contribution in [0.3, 0.4) is 0 Å². The van der Waals surface area contributed by atoms with Crippen LogP contribution in [-0.2, 0) is 13.2 Å². The minimum Gasteiger partial charge on any atom is -0.485 e. The van der Waals surface area contributed by atoms with Crippen molar-refractivity contribution in [2.75, 3.05) is 6.54 Å². The highest BCUT2D eigenvalue weighted by Crippen LogP contribution is 2.29. The number of ether oxygens (including phenoxy) is 1. The normalized spacial score (nSPS) is 11.1. The van der Waals surface area contributed by atoms with E-state index in [2.05, 4.69) is 24.1 Å². The van der Waals surface area contributed by atoms with Crippen molar-refractivity contribution >= 4 is 22.9 Å². The minimum absolute atomic E-state index is 0.458. The second-order valence-electron chi connectivity index (χ2n) is 5.42. The molecule has 0 amide bonds. The van der Waals surface area contributed by atoms with E-state index in [4.69, 9.17) is 16.3 Å². The van der Waals surface area contributed by atoms with E-state index in [1.807, 2.05) is 30.5 Å². The van der Waals surface area contributed by atoms with E-state index in [9.17, 15) is 0 Å². The molecule has 0 spiro atoms. The predicted molar refractivity (Wildman–Crippen MR) is 89.2 cm³/mol. The van der Waals surface area contributed by atoms with Gasteiger partial charge in [0.05, 0.1) is 5.02 Å². The molecule has 1 heterocycles. The summed E-state index contributed by atoms with van der Waals surface area (Å²) in [7, 11) is 0. The minimum atomic E-state index is 0.458. The predicted octanol–water partition coefficient (Wildman–Crippen LogP) is 4.43. The molecule has 0 radical (unpaired) electrons. The van der Waals surface area contributed by atoms with Crippen LogP contribution in [0.4, 0.5) is 0 Å². The summed E-state index contributed by atoms with van der Waals surface area (Å²) < 4.78 is 5.90. The first-order valence-electron chi connectivity index (χ1n) is 7.08. The number of benzene rings is 1. The molecule has 0 aliphatic heterocycles. The highest BCUT2D eigenvalue weighted by Gasteiger charge is 2.10. The first-order valence-corrected chi connectivity index (χ1v) is 8.34. The zero-order valence-electron chi connectivity index (χ0n) is 12.6. The molecule has 0 unspecified atom stereocenters. The Hall–Kier alpha value is -1.10. The van der Waals surface area contributed by atoms with Gasteiger partial charge in [-0.15, -0.1) is 11.3 Å². The van der Waals surface area contributed by atoms with Crippen molar-refractivity contribution in [1.82, 2.24) is 10.3 Å². The molecule has 1 N–H and O–H groups in total. The molecular weight excluding hydrogens is 304 g/mol. The summed E-state index contributed by atoms with van der Waals surface area (Å²) in [5.74, 6) is 1.37. The van der Waals surface area contributed by atoms with Gasteiger partial charge in [0, 0.05) is 23.2 Å². The third-order valence-corrected chi connectivity index (χ3v) is 4.16. The Kier molecular flexibility index (Phi) is 6.03. The molecular formula is C16H21ClN2OS. The van der Waals surface area contributed by atoms with Crippen LogP contribution < -0.4 is 10.1 Å². The first-order chi connectivity index (χ1) is 10.1. The molecule has 0 atom stereocenters. The van der Waals surface area contributed by atoms with Gasteiger partial charge >= 0.3 is 0 Å². The summed E-state index contributed by atoms with van der Waals surface area (Å²) in [6.45, 7) is 8.54. The van der Waals surface area contributed by atoms with Gasteiger partial charge < -0.3 is 10.1 Å². The molecule has 0 aliphatic rings. The van der Waals surface area contributed by atoms with Gasteiger partial charge in [0.1, 0.15) is 17.4 Å². The maximum atomic E-state index is 6.27. The van der Waals surface area contributed by atoms with Gasteiger partial charge in [-0.1, -0.05) is 37.6 Å². The lowest BCUT2D eigenvalue weighted by Crippen LogP contribution is -2.19. The standard InChI is InChI=1S/C16H21ClN2OS/c1-11(2)7-18-8-13-5-4-6-14(17)16(13)20-9-15-19-12(3)10-21-15/h4-6,10-11,18H,7-9H2,1-3H3. The molecule has 5 heteroatoms. The molecule has 0 aliphatic carbocycles. The van der Waals surface area contributed by atoms with Crippen LogP contribution in [0, 0.1) is 12.8 Å². The van der Waals surface area contributed by atoms with Crippen LogP contribution in [0.1, 0.15) is 30.1 Å². The maximum absolute atomic E-state index is 6.27. The van der Waals surface area contributed by atoms with Crippen molar-refractivity contribution < 1.29 is 4.74 Å². The highest BCUT2D eigenvalue weighted by atomic mass is 35.5. The van der Waals surface area contributed by atoms with Crippen molar-refractivity contribution in [3.05, 3.63) is 44.9 Å². The number of aryl methyl sites for hydroxylation is 1. The Labute approximate surface area is 135 Å². The monoisotopic (exact) mass is 324 g/mol. The second-order valence-corrected chi connectivity index (χ2v) is 6.77. The number of rotatable bonds is 7. The summed E-state index contributed by atoms with van der Waals surface area (Å²) in [6.07, 6.45) is 0. The maximum Gasteiger partial charge on any atom is 0.143 e. The van der Waals surface area contributed by atoms with Crippen LogP contribution in [0.2, 0.25) is 5.02 Å². The lowest BCUT2D eigenvalue weighted by Gasteiger charge is -2.14. The number of nitrogens with one attached hydrogen (secondary N) is 1. The Bertz CT molecular complexity index is 583. The van der Waals surface area contributed by atoms with Gasteiger partial charge in [0.2, 0.25) is 0 Å². The number of thiazole rings is 1. The summed E-state index contributed by atoms with van der Waals surface area (Å²) in [5, 5.41) is 7.06. The van der Waals surface area contributed by atoms with Crippen LogP contribution in [0.25, 0.3) is 0 Å². The first kappa shape index (κ1) is 16.3. The van der Waals surface area contributed by atoms with Crippen LogP contribution in [-0.4, -0.2) is 11.5 Å². The van der Waals surface area contributed by atoms with Crippen molar-refractivity contribution in [2.24, 2.45) is 5.92 Å². The molecule has 2 aromatic rings. The molecule has 0 saturated carbocycles. The van der Waals surface area contributed by atoms with E-state index in [-0.39, 0.29) is 0 Å². The van der Waals surface area contributed by atoms with Crippen molar-refractivity contribution in [3.8, 4) is 5.75 Å². The van der Waals surface area contributed by atoms with Gasteiger partial charge in [0.25, 0.3) is 0 Å². The van der Waals surface area contributed by atoms with Gasteiger partial charge in [-0.25, -0.2) is 4.98 Å². The third kappa shape index (κ3) is 4.99. The Balaban J connectivity index is 2.02. The molecule has 3 nitrogen and oxygen atoms in total. The van der Waals surface area contributed by atoms with Gasteiger partial charge in [-0.2, -0.15) is 0 Å². The number of hydrogen-bond donors (Lipinski definition) is 1. The van der Waals surface area contributed by atoms with E-state index < -0.39 is 0 Å². The molecule has 0 fully saturated rings. The largest absolute Gasteiger partial charge is 0.485 e. The number of hydrogen-bond acceptors (Lipinski definition) is 4. The quantitative estimate of drug-likeness (QED) is 0.818. The molecule has 114 valence electrons. The van der Waals surface area contributed by atoms with E-state index in [1.165, 1.54) is 0 Å². The topological polar surface area (TPSA) is 34.1 Å². The number of halogens is 1. The molecule has 0 bridgehead atoms. The fraction of sp³-hybridized carbons (Fsp3) is 0.438. The zero-order valence-corrected chi connectivity index (χ0v) is 14.2. The Morgan fingerprint density at radius 2 is 2.19 bits per heavy atom. The van der Waals surface area contributed by atoms with Crippen molar-refractivity contribution in [1.29, 1.82) is 0 Å². The highest BCUT2D eigenvalue weighted by molar-refractivity contribution is 7.09.